The molecule has 0 bridgehead atoms. The number of rotatable bonds is 5. The van der Waals surface area contributed by atoms with Gasteiger partial charge in [-0.1, -0.05) is 24.3 Å². The summed E-state index contributed by atoms with van der Waals surface area (Å²) in [5.74, 6) is -0.527. The normalized spacial score (nSPS) is 14.1. The molecule has 1 heterocycles. The van der Waals surface area contributed by atoms with E-state index in [1.807, 2.05) is 0 Å². The Kier molecular flexibility index (Phi) is 4.21. The average molecular weight is 344 g/mol. The summed E-state index contributed by atoms with van der Waals surface area (Å²) in [5.41, 5.74) is 1.80. The lowest BCUT2D eigenvalue weighted by atomic mass is 10.1. The fraction of sp³-hybridized carbons (Fsp3) is 0.176. The van der Waals surface area contributed by atoms with E-state index in [2.05, 4.69) is 0 Å². The quantitative estimate of drug-likeness (QED) is 0.832. The van der Waals surface area contributed by atoms with Gasteiger partial charge in [-0.05, 0) is 42.7 Å². The number of aryl methyl sites for hydroxylation is 1. The van der Waals surface area contributed by atoms with E-state index in [0.29, 0.717) is 30.5 Å². The predicted molar refractivity (Wildman–Crippen MR) is 87.9 cm³/mol. The molecule has 2 aromatic rings. The van der Waals surface area contributed by atoms with Crippen molar-refractivity contribution in [3.8, 4) is 0 Å². The maximum absolute atomic E-state index is 12.2. The van der Waals surface area contributed by atoms with Crippen LogP contribution in [0.5, 0.6) is 0 Å². The fourth-order valence-electron chi connectivity index (χ4n) is 2.73. The molecule has 3 rings (SSSR count). The van der Waals surface area contributed by atoms with Crippen molar-refractivity contribution in [1.82, 2.24) is 4.90 Å². The Morgan fingerprint density at radius 3 is 1.92 bits per heavy atom. The molecule has 0 aromatic heterocycles. The first-order valence-corrected chi connectivity index (χ1v) is 8.99. The third kappa shape index (κ3) is 3.08. The number of primary sulfonamides is 1. The number of nitrogens with zero attached hydrogens (tertiary/aromatic N) is 1. The van der Waals surface area contributed by atoms with E-state index in [1.165, 1.54) is 17.0 Å². The molecule has 0 spiro atoms. The van der Waals surface area contributed by atoms with Crippen LogP contribution in [0.4, 0.5) is 0 Å². The SMILES string of the molecule is NS(=O)(=O)c1ccc(CCCN2C(=O)c3ccccc3C2=O)cc1. The number of hydrogen-bond donors (Lipinski definition) is 1. The minimum Gasteiger partial charge on any atom is -0.274 e. The zero-order valence-corrected chi connectivity index (χ0v) is 13.6. The van der Waals surface area contributed by atoms with E-state index < -0.39 is 10.0 Å². The Morgan fingerprint density at radius 2 is 1.42 bits per heavy atom. The molecule has 124 valence electrons. The van der Waals surface area contributed by atoms with Crippen LogP contribution >= 0.6 is 0 Å². The van der Waals surface area contributed by atoms with Gasteiger partial charge in [-0.25, -0.2) is 13.6 Å². The number of carbonyl (C=O) groups is 2. The van der Waals surface area contributed by atoms with Crippen molar-refractivity contribution in [2.45, 2.75) is 17.7 Å². The second kappa shape index (κ2) is 6.18. The summed E-state index contributed by atoms with van der Waals surface area (Å²) in [4.78, 5) is 25.8. The van der Waals surface area contributed by atoms with Crippen LogP contribution in [-0.4, -0.2) is 31.7 Å². The highest BCUT2D eigenvalue weighted by Crippen LogP contribution is 2.22. The van der Waals surface area contributed by atoms with Crippen LogP contribution in [0.2, 0.25) is 0 Å². The van der Waals surface area contributed by atoms with Crippen molar-refractivity contribution in [1.29, 1.82) is 0 Å². The molecule has 1 aliphatic heterocycles. The number of fused-ring (bicyclic) bond motifs is 1. The Morgan fingerprint density at radius 1 is 0.875 bits per heavy atom. The first kappa shape index (κ1) is 16.4. The van der Waals surface area contributed by atoms with Crippen molar-refractivity contribution < 1.29 is 18.0 Å². The number of imide groups is 1. The van der Waals surface area contributed by atoms with Gasteiger partial charge in [0.15, 0.2) is 0 Å². The minimum absolute atomic E-state index is 0.0617. The van der Waals surface area contributed by atoms with Gasteiger partial charge in [-0.2, -0.15) is 0 Å². The first-order valence-electron chi connectivity index (χ1n) is 7.45. The van der Waals surface area contributed by atoms with Crippen LogP contribution in [0.3, 0.4) is 0 Å². The van der Waals surface area contributed by atoms with Crippen molar-refractivity contribution >= 4 is 21.8 Å². The van der Waals surface area contributed by atoms with Gasteiger partial charge in [0.1, 0.15) is 0 Å². The average Bonchev–Trinajstić information content (AvgIpc) is 2.80. The molecule has 2 N–H and O–H groups in total. The van der Waals surface area contributed by atoms with E-state index in [-0.39, 0.29) is 16.7 Å². The molecule has 7 heteroatoms. The summed E-state index contributed by atoms with van der Waals surface area (Å²) in [6.07, 6.45) is 1.22. The molecule has 1 aliphatic rings. The van der Waals surface area contributed by atoms with Gasteiger partial charge in [-0.3, -0.25) is 14.5 Å². The molecular weight excluding hydrogens is 328 g/mol. The maximum atomic E-state index is 12.2. The Labute approximate surface area is 139 Å². The Balaban J connectivity index is 1.62. The van der Waals surface area contributed by atoms with E-state index >= 15 is 0 Å². The molecule has 0 aliphatic carbocycles. The molecular formula is C17H16N2O4S. The Bertz CT molecular complexity index is 869. The van der Waals surface area contributed by atoms with Gasteiger partial charge in [0, 0.05) is 6.54 Å². The smallest absolute Gasteiger partial charge is 0.261 e. The number of nitrogens with two attached hydrogens (primary N) is 1. The summed E-state index contributed by atoms with van der Waals surface area (Å²) in [6, 6.07) is 13.0. The van der Waals surface area contributed by atoms with E-state index in [1.54, 1.807) is 36.4 Å². The van der Waals surface area contributed by atoms with Gasteiger partial charge in [0.25, 0.3) is 11.8 Å². The third-order valence-electron chi connectivity index (χ3n) is 3.98. The molecule has 0 radical (unpaired) electrons. The minimum atomic E-state index is -3.70. The highest BCUT2D eigenvalue weighted by Gasteiger charge is 2.34. The lowest BCUT2D eigenvalue weighted by Crippen LogP contribution is -2.30. The summed E-state index contributed by atoms with van der Waals surface area (Å²) < 4.78 is 22.4. The molecule has 2 amide bonds. The number of sulfonamides is 1. The van der Waals surface area contributed by atoms with Gasteiger partial charge in [0.05, 0.1) is 16.0 Å². The lowest BCUT2D eigenvalue weighted by Gasteiger charge is -2.13. The molecule has 0 atom stereocenters. The number of benzene rings is 2. The highest BCUT2D eigenvalue weighted by atomic mass is 32.2. The third-order valence-corrected chi connectivity index (χ3v) is 4.91. The second-order valence-corrected chi connectivity index (χ2v) is 7.16. The zero-order valence-electron chi connectivity index (χ0n) is 12.8. The van der Waals surface area contributed by atoms with Crippen molar-refractivity contribution in [2.75, 3.05) is 6.54 Å². The van der Waals surface area contributed by atoms with Crippen LogP contribution in [-0.2, 0) is 16.4 Å². The van der Waals surface area contributed by atoms with E-state index in [4.69, 9.17) is 5.14 Å². The number of amides is 2. The van der Waals surface area contributed by atoms with Crippen LogP contribution < -0.4 is 5.14 Å². The monoisotopic (exact) mass is 344 g/mol. The standard InChI is InChI=1S/C17H16N2O4S/c18-24(22,23)13-9-7-12(8-10-13)4-3-11-19-16(20)14-5-1-2-6-15(14)17(19)21/h1-2,5-10H,3-4,11H2,(H2,18,22,23). The summed E-state index contributed by atoms with van der Waals surface area (Å²) in [7, 11) is -3.70. The summed E-state index contributed by atoms with van der Waals surface area (Å²) >= 11 is 0. The zero-order chi connectivity index (χ0) is 17.3. The second-order valence-electron chi connectivity index (χ2n) is 5.60. The summed E-state index contributed by atoms with van der Waals surface area (Å²) in [5, 5.41) is 5.05. The first-order chi connectivity index (χ1) is 11.4. The highest BCUT2D eigenvalue weighted by molar-refractivity contribution is 7.89. The largest absolute Gasteiger partial charge is 0.274 e. The topological polar surface area (TPSA) is 97.5 Å². The molecule has 0 unspecified atom stereocenters. The molecule has 0 saturated carbocycles. The predicted octanol–water partition coefficient (Wildman–Crippen LogP) is 1.56. The Hall–Kier alpha value is -2.51. The van der Waals surface area contributed by atoms with Crippen molar-refractivity contribution in [3.63, 3.8) is 0 Å². The van der Waals surface area contributed by atoms with Crippen LogP contribution in [0.15, 0.2) is 53.4 Å². The van der Waals surface area contributed by atoms with Gasteiger partial charge < -0.3 is 0 Å². The van der Waals surface area contributed by atoms with Gasteiger partial charge in [-0.15, -0.1) is 0 Å². The van der Waals surface area contributed by atoms with Crippen LogP contribution in [0.1, 0.15) is 32.7 Å². The number of hydrogen-bond acceptors (Lipinski definition) is 4. The van der Waals surface area contributed by atoms with Gasteiger partial charge in [0.2, 0.25) is 10.0 Å². The lowest BCUT2D eigenvalue weighted by molar-refractivity contribution is 0.0652. The molecule has 0 fully saturated rings. The van der Waals surface area contributed by atoms with Crippen molar-refractivity contribution in [2.24, 2.45) is 5.14 Å². The van der Waals surface area contributed by atoms with E-state index in [9.17, 15) is 18.0 Å². The van der Waals surface area contributed by atoms with Crippen LogP contribution in [0.25, 0.3) is 0 Å². The molecule has 24 heavy (non-hydrogen) atoms. The molecule has 6 nitrogen and oxygen atoms in total. The molecule has 0 saturated heterocycles. The summed E-state index contributed by atoms with van der Waals surface area (Å²) in [6.45, 7) is 0.323. The van der Waals surface area contributed by atoms with Crippen LogP contribution in [0, 0.1) is 0 Å². The van der Waals surface area contributed by atoms with Gasteiger partial charge >= 0.3 is 0 Å². The maximum Gasteiger partial charge on any atom is 0.261 e. The number of carbonyl (C=O) groups excluding carboxylic acids is 2. The molecule has 2 aromatic carbocycles. The van der Waals surface area contributed by atoms with Crippen molar-refractivity contribution in [3.05, 3.63) is 65.2 Å². The fourth-order valence-corrected chi connectivity index (χ4v) is 3.24. The van der Waals surface area contributed by atoms with E-state index in [0.717, 1.165) is 5.56 Å².